The van der Waals surface area contributed by atoms with Crippen LogP contribution in [0, 0.1) is 10.1 Å². The van der Waals surface area contributed by atoms with Crippen molar-refractivity contribution in [2.24, 2.45) is 0 Å². The second-order valence-electron chi connectivity index (χ2n) is 5.94. The predicted octanol–water partition coefficient (Wildman–Crippen LogP) is 2.52. The van der Waals surface area contributed by atoms with Crippen LogP contribution in [0.4, 0.5) is 5.69 Å². The summed E-state index contributed by atoms with van der Waals surface area (Å²) in [5, 5.41) is 11.6. The topological polar surface area (TPSA) is 116 Å². The van der Waals surface area contributed by atoms with Crippen LogP contribution in [0.2, 0.25) is 0 Å². The Balaban J connectivity index is 2.12. The van der Waals surface area contributed by atoms with Crippen molar-refractivity contribution in [3.63, 3.8) is 0 Å². The predicted molar refractivity (Wildman–Crippen MR) is 104 cm³/mol. The summed E-state index contributed by atoms with van der Waals surface area (Å²) < 4.78 is 24.7. The van der Waals surface area contributed by atoms with Crippen molar-refractivity contribution < 1.29 is 23.0 Å². The van der Waals surface area contributed by atoms with Crippen LogP contribution in [-0.2, 0) is 14.9 Å². The Morgan fingerprint density at radius 2 is 1.82 bits per heavy atom. The molecular formula is C18H15BN2O6S. The quantitative estimate of drug-likeness (QED) is 0.435. The van der Waals surface area contributed by atoms with Gasteiger partial charge in [0.2, 0.25) is 0 Å². The molecule has 1 N–H and O–H groups in total. The Morgan fingerprint density at radius 1 is 1.14 bits per heavy atom. The van der Waals surface area contributed by atoms with Crippen LogP contribution in [0.15, 0.2) is 71.5 Å². The number of carbonyl (C=O) groups excluding carboxylic acids is 1. The van der Waals surface area contributed by atoms with Gasteiger partial charge < -0.3 is 4.79 Å². The van der Waals surface area contributed by atoms with Crippen LogP contribution in [0.5, 0.6) is 0 Å². The Hall–Kier alpha value is -3.08. The number of hydrogen-bond donors (Lipinski definition) is 1. The number of benzene rings is 2. The standard InChI is InChI=1S/C18H15BN2O6S/c1-27-20-28(25,26)17-7-3-2-6-14(17)13-8-9-15(16(12-13)21(23)24)18(22)19-10-4-5-11-19/h2-12,20H,1H3. The molecule has 0 bridgehead atoms. The van der Waals surface area contributed by atoms with E-state index in [1.165, 1.54) is 36.4 Å². The third-order valence-electron chi connectivity index (χ3n) is 4.19. The zero-order chi connectivity index (χ0) is 20.3. The van der Waals surface area contributed by atoms with Gasteiger partial charge in [-0.05, 0) is 17.7 Å². The molecule has 0 atom stereocenters. The minimum Gasteiger partial charge on any atom is -0.305 e. The molecule has 0 spiro atoms. The second-order valence-corrected chi connectivity index (χ2v) is 7.55. The normalized spacial score (nSPS) is 13.1. The van der Waals surface area contributed by atoms with Crippen LogP contribution in [0.1, 0.15) is 10.4 Å². The van der Waals surface area contributed by atoms with Crippen molar-refractivity contribution >= 4 is 28.1 Å². The van der Waals surface area contributed by atoms with E-state index >= 15 is 0 Å². The summed E-state index contributed by atoms with van der Waals surface area (Å²) in [6.07, 6.45) is 3.40. The summed E-state index contributed by atoms with van der Waals surface area (Å²) in [7, 11) is -2.83. The number of sulfonamides is 1. The van der Waals surface area contributed by atoms with Gasteiger partial charge in [-0.1, -0.05) is 41.3 Å². The molecule has 1 aliphatic heterocycles. The fourth-order valence-electron chi connectivity index (χ4n) is 2.94. The van der Waals surface area contributed by atoms with Crippen molar-refractivity contribution in [1.82, 2.24) is 4.89 Å². The van der Waals surface area contributed by atoms with Crippen molar-refractivity contribution in [2.75, 3.05) is 7.11 Å². The molecule has 1 heterocycles. The van der Waals surface area contributed by atoms with Crippen molar-refractivity contribution in [1.29, 1.82) is 0 Å². The summed E-state index contributed by atoms with van der Waals surface area (Å²) in [6, 6.07) is 10.1. The van der Waals surface area contributed by atoms with Gasteiger partial charge in [-0.2, -0.15) is 0 Å². The van der Waals surface area contributed by atoms with Crippen molar-refractivity contribution in [3.8, 4) is 11.1 Å². The van der Waals surface area contributed by atoms with Crippen molar-refractivity contribution in [3.05, 3.63) is 82.2 Å². The lowest BCUT2D eigenvalue weighted by Crippen LogP contribution is -2.23. The lowest BCUT2D eigenvalue weighted by molar-refractivity contribution is -0.385. The number of allylic oxidation sites excluding steroid dienone is 2. The molecule has 0 fully saturated rings. The maximum Gasteiger partial charge on any atom is 0.280 e. The first kappa shape index (κ1) is 19.7. The molecule has 3 rings (SSSR count). The summed E-state index contributed by atoms with van der Waals surface area (Å²) in [5.41, 5.74) is -0.286. The molecule has 1 aliphatic rings. The number of nitro benzene ring substituents is 1. The number of nitrogens with one attached hydrogen (secondary N) is 1. The second kappa shape index (κ2) is 7.89. The van der Waals surface area contributed by atoms with Crippen LogP contribution in [0.3, 0.4) is 0 Å². The number of carbonyl (C=O) groups is 1. The molecule has 10 heteroatoms. The van der Waals surface area contributed by atoms with Gasteiger partial charge in [0.25, 0.3) is 22.4 Å². The summed E-state index contributed by atoms with van der Waals surface area (Å²) >= 11 is 0. The van der Waals surface area contributed by atoms with E-state index in [1.54, 1.807) is 30.2 Å². The van der Waals surface area contributed by atoms with E-state index < -0.39 is 27.3 Å². The van der Waals surface area contributed by atoms with Crippen LogP contribution in [-0.4, -0.2) is 32.8 Å². The van der Waals surface area contributed by atoms with E-state index in [2.05, 4.69) is 4.84 Å². The van der Waals surface area contributed by atoms with Gasteiger partial charge in [0.15, 0.2) is 0 Å². The van der Waals surface area contributed by atoms with Crippen LogP contribution in [0.25, 0.3) is 11.1 Å². The minimum absolute atomic E-state index is 0.0368. The summed E-state index contributed by atoms with van der Waals surface area (Å²) in [6.45, 7) is -0.553. The zero-order valence-electron chi connectivity index (χ0n) is 14.7. The fraction of sp³-hybridized carbons (Fsp3) is 0.0556. The molecule has 8 nitrogen and oxygen atoms in total. The lowest BCUT2D eigenvalue weighted by atomic mass is 9.47. The highest BCUT2D eigenvalue weighted by Crippen LogP contribution is 2.32. The van der Waals surface area contributed by atoms with Gasteiger partial charge >= 0.3 is 0 Å². The van der Waals surface area contributed by atoms with Gasteiger partial charge in [0.1, 0.15) is 5.68 Å². The summed E-state index contributed by atoms with van der Waals surface area (Å²) in [4.78, 5) is 29.9. The molecular weight excluding hydrogens is 383 g/mol. The number of hydrogen-bond acceptors (Lipinski definition) is 6. The molecule has 142 valence electrons. The summed E-state index contributed by atoms with van der Waals surface area (Å²) in [5.74, 6) is 3.30. The first-order valence-corrected chi connectivity index (χ1v) is 9.65. The average molecular weight is 398 g/mol. The van der Waals surface area contributed by atoms with Crippen LogP contribution >= 0.6 is 0 Å². The SMILES string of the molecule is CONS(=O)(=O)c1ccccc1-c1ccc(C(=O)B2C=CC=C2)c([N+](=O)[O-])c1. The van der Waals surface area contributed by atoms with Gasteiger partial charge in [0, 0.05) is 11.6 Å². The number of nitrogens with zero attached hydrogens (tertiary/aromatic N) is 1. The highest BCUT2D eigenvalue weighted by molar-refractivity contribution is 7.89. The average Bonchev–Trinajstić information content (AvgIpc) is 3.21. The molecule has 0 aromatic heterocycles. The van der Waals surface area contributed by atoms with E-state index in [0.717, 1.165) is 7.11 Å². The first-order chi connectivity index (χ1) is 13.3. The third kappa shape index (κ3) is 3.79. The van der Waals surface area contributed by atoms with Gasteiger partial charge in [-0.25, -0.2) is 8.42 Å². The van der Waals surface area contributed by atoms with Crippen molar-refractivity contribution in [2.45, 2.75) is 4.90 Å². The van der Waals surface area contributed by atoms with Gasteiger partial charge in [-0.3, -0.25) is 15.0 Å². The van der Waals surface area contributed by atoms with Gasteiger partial charge in [-0.15, -0.1) is 12.0 Å². The van der Waals surface area contributed by atoms with E-state index in [0.29, 0.717) is 0 Å². The number of nitro groups is 1. The minimum atomic E-state index is -3.99. The van der Waals surface area contributed by atoms with E-state index in [9.17, 15) is 23.3 Å². The fourth-order valence-corrected chi connectivity index (χ4v) is 3.98. The highest BCUT2D eigenvalue weighted by atomic mass is 32.2. The van der Waals surface area contributed by atoms with E-state index in [4.69, 9.17) is 0 Å². The molecule has 0 unspecified atom stereocenters. The Morgan fingerprint density at radius 3 is 2.46 bits per heavy atom. The van der Waals surface area contributed by atoms with E-state index in [1.807, 2.05) is 4.89 Å². The molecule has 0 aliphatic carbocycles. The molecule has 2 aromatic rings. The molecule has 2 aromatic carbocycles. The molecule has 0 saturated carbocycles. The molecule has 28 heavy (non-hydrogen) atoms. The first-order valence-electron chi connectivity index (χ1n) is 8.17. The molecule has 0 amide bonds. The highest BCUT2D eigenvalue weighted by Gasteiger charge is 2.29. The molecule has 0 radical (unpaired) electrons. The van der Waals surface area contributed by atoms with Crippen LogP contribution < -0.4 is 4.89 Å². The maximum absolute atomic E-state index is 12.6. The Kier molecular flexibility index (Phi) is 5.54. The maximum atomic E-state index is 12.6. The third-order valence-corrected chi connectivity index (χ3v) is 5.51. The molecule has 0 saturated heterocycles. The lowest BCUT2D eigenvalue weighted by Gasteiger charge is -2.11. The smallest absolute Gasteiger partial charge is 0.280 e. The number of rotatable bonds is 7. The van der Waals surface area contributed by atoms with Gasteiger partial charge in [0.05, 0.1) is 22.5 Å². The largest absolute Gasteiger partial charge is 0.305 e. The Bertz CT molecular complexity index is 1100. The Labute approximate surface area is 161 Å². The zero-order valence-corrected chi connectivity index (χ0v) is 15.5. The monoisotopic (exact) mass is 398 g/mol. The van der Waals surface area contributed by atoms with E-state index in [-0.39, 0.29) is 27.3 Å².